The van der Waals surface area contributed by atoms with Gasteiger partial charge in [0.15, 0.2) is 0 Å². The summed E-state index contributed by atoms with van der Waals surface area (Å²) in [5.74, 6) is 0.471. The number of anilines is 1. The fourth-order valence-corrected chi connectivity index (χ4v) is 0.845. The van der Waals surface area contributed by atoms with E-state index < -0.39 is 0 Å². The zero-order chi connectivity index (χ0) is 8.97. The monoisotopic (exact) mass is 159 g/mol. The summed E-state index contributed by atoms with van der Waals surface area (Å²) in [6, 6.07) is 5.51. The number of nitrogens with zero attached hydrogens (tertiary/aromatic N) is 2. The molecule has 3 heteroatoms. The second-order valence-corrected chi connectivity index (χ2v) is 2.40. The van der Waals surface area contributed by atoms with E-state index in [0.717, 1.165) is 11.3 Å². The molecule has 0 radical (unpaired) electrons. The van der Waals surface area contributed by atoms with Crippen LogP contribution in [0.15, 0.2) is 18.2 Å². The summed E-state index contributed by atoms with van der Waals surface area (Å²) in [5, 5.41) is 8.29. The van der Waals surface area contributed by atoms with Crippen LogP contribution in [0.4, 0.5) is 5.82 Å². The molecule has 0 atom stereocenters. The van der Waals surface area contributed by atoms with Gasteiger partial charge in [-0.3, -0.25) is 0 Å². The number of pyridine rings is 1. The predicted molar refractivity (Wildman–Crippen MR) is 48.0 cm³/mol. The van der Waals surface area contributed by atoms with Gasteiger partial charge in [0, 0.05) is 6.08 Å². The molecule has 0 bridgehead atoms. The van der Waals surface area contributed by atoms with Crippen LogP contribution in [-0.4, -0.2) is 4.98 Å². The largest absolute Gasteiger partial charge is 0.384 e. The topological polar surface area (TPSA) is 62.7 Å². The molecule has 1 heterocycles. The van der Waals surface area contributed by atoms with Gasteiger partial charge in [-0.2, -0.15) is 5.26 Å². The lowest BCUT2D eigenvalue weighted by Crippen LogP contribution is -1.93. The summed E-state index contributed by atoms with van der Waals surface area (Å²) in [6.45, 7) is 1.92. The van der Waals surface area contributed by atoms with Crippen LogP contribution in [0.2, 0.25) is 0 Å². The molecule has 0 aromatic carbocycles. The summed E-state index contributed by atoms with van der Waals surface area (Å²) in [4.78, 5) is 4.05. The van der Waals surface area contributed by atoms with E-state index in [4.69, 9.17) is 11.0 Å². The lowest BCUT2D eigenvalue weighted by Gasteiger charge is -1.98. The van der Waals surface area contributed by atoms with Crippen molar-refractivity contribution in [3.05, 3.63) is 29.5 Å². The third kappa shape index (κ3) is 1.83. The molecule has 2 N–H and O–H groups in total. The molecular weight excluding hydrogens is 150 g/mol. The van der Waals surface area contributed by atoms with Crippen molar-refractivity contribution >= 4 is 11.9 Å². The maximum Gasteiger partial charge on any atom is 0.124 e. The zero-order valence-electron chi connectivity index (χ0n) is 6.78. The van der Waals surface area contributed by atoms with E-state index in [2.05, 4.69) is 4.98 Å². The standard InChI is InChI=1S/C9H9N3/c1-7-4-5-9(11)12-8(7)3-2-6-10/h2-5H,1H3,(H2,11,12). The molecule has 12 heavy (non-hydrogen) atoms. The van der Waals surface area contributed by atoms with Crippen molar-refractivity contribution in [2.45, 2.75) is 6.92 Å². The molecule has 0 spiro atoms. The number of rotatable bonds is 1. The smallest absolute Gasteiger partial charge is 0.124 e. The van der Waals surface area contributed by atoms with Gasteiger partial charge in [0.2, 0.25) is 0 Å². The first-order valence-electron chi connectivity index (χ1n) is 3.53. The predicted octanol–water partition coefficient (Wildman–Crippen LogP) is 1.51. The molecule has 0 aliphatic carbocycles. The van der Waals surface area contributed by atoms with E-state index in [9.17, 15) is 0 Å². The summed E-state index contributed by atoms with van der Waals surface area (Å²) in [5.41, 5.74) is 7.23. The average molecular weight is 159 g/mol. The van der Waals surface area contributed by atoms with E-state index in [1.807, 2.05) is 19.1 Å². The Hall–Kier alpha value is -1.82. The molecule has 60 valence electrons. The minimum Gasteiger partial charge on any atom is -0.384 e. The number of hydrogen-bond donors (Lipinski definition) is 1. The van der Waals surface area contributed by atoms with Crippen LogP contribution in [0.5, 0.6) is 0 Å². The van der Waals surface area contributed by atoms with Gasteiger partial charge in [-0.15, -0.1) is 0 Å². The number of aromatic nitrogens is 1. The lowest BCUT2D eigenvalue weighted by atomic mass is 10.2. The van der Waals surface area contributed by atoms with Crippen LogP contribution >= 0.6 is 0 Å². The van der Waals surface area contributed by atoms with E-state index >= 15 is 0 Å². The zero-order valence-corrected chi connectivity index (χ0v) is 6.78. The van der Waals surface area contributed by atoms with Gasteiger partial charge < -0.3 is 5.73 Å². The van der Waals surface area contributed by atoms with Gasteiger partial charge in [0.25, 0.3) is 0 Å². The van der Waals surface area contributed by atoms with E-state index in [0.29, 0.717) is 5.82 Å². The van der Waals surface area contributed by atoms with E-state index in [1.165, 1.54) is 6.08 Å². The quantitative estimate of drug-likeness (QED) is 0.632. The van der Waals surface area contributed by atoms with Crippen LogP contribution < -0.4 is 5.73 Å². The number of hydrogen-bond acceptors (Lipinski definition) is 3. The maximum atomic E-state index is 8.29. The van der Waals surface area contributed by atoms with E-state index in [1.54, 1.807) is 12.1 Å². The first-order valence-corrected chi connectivity index (χ1v) is 3.53. The molecule has 1 aromatic heterocycles. The fraction of sp³-hybridized carbons (Fsp3) is 0.111. The summed E-state index contributed by atoms with van der Waals surface area (Å²) >= 11 is 0. The second-order valence-electron chi connectivity index (χ2n) is 2.40. The van der Waals surface area contributed by atoms with Crippen LogP contribution in [-0.2, 0) is 0 Å². The first kappa shape index (κ1) is 8.28. The van der Waals surface area contributed by atoms with Crippen LogP contribution in [0, 0.1) is 18.3 Å². The van der Waals surface area contributed by atoms with E-state index in [-0.39, 0.29) is 0 Å². The molecule has 0 amide bonds. The van der Waals surface area contributed by atoms with Gasteiger partial charge >= 0.3 is 0 Å². The molecular formula is C9H9N3. The highest BCUT2D eigenvalue weighted by Crippen LogP contribution is 2.08. The maximum absolute atomic E-state index is 8.29. The van der Waals surface area contributed by atoms with Gasteiger partial charge in [-0.1, -0.05) is 6.07 Å². The van der Waals surface area contributed by atoms with Gasteiger partial charge in [-0.05, 0) is 24.6 Å². The van der Waals surface area contributed by atoms with Gasteiger partial charge in [-0.25, -0.2) is 4.98 Å². The summed E-state index contributed by atoms with van der Waals surface area (Å²) < 4.78 is 0. The molecule has 0 unspecified atom stereocenters. The molecule has 0 saturated carbocycles. The number of allylic oxidation sites excluding steroid dienone is 1. The number of nitriles is 1. The average Bonchev–Trinajstić information content (AvgIpc) is 2.07. The Morgan fingerprint density at radius 1 is 1.58 bits per heavy atom. The van der Waals surface area contributed by atoms with Crippen LogP contribution in [0.3, 0.4) is 0 Å². The van der Waals surface area contributed by atoms with Crippen LogP contribution in [0.1, 0.15) is 11.3 Å². The van der Waals surface area contributed by atoms with Gasteiger partial charge in [0.05, 0.1) is 11.8 Å². The third-order valence-electron chi connectivity index (χ3n) is 1.47. The highest BCUT2D eigenvalue weighted by molar-refractivity contribution is 5.53. The number of nitrogens with two attached hydrogens (primary N) is 1. The molecule has 1 rings (SSSR count). The van der Waals surface area contributed by atoms with Crippen molar-refractivity contribution in [1.29, 1.82) is 5.26 Å². The Bertz CT molecular complexity index is 347. The molecule has 0 aliphatic rings. The van der Waals surface area contributed by atoms with Crippen molar-refractivity contribution in [3.63, 3.8) is 0 Å². The summed E-state index contributed by atoms with van der Waals surface area (Å²) in [6.07, 6.45) is 3.03. The Morgan fingerprint density at radius 3 is 3.00 bits per heavy atom. The van der Waals surface area contributed by atoms with Crippen molar-refractivity contribution in [2.24, 2.45) is 0 Å². The van der Waals surface area contributed by atoms with Crippen molar-refractivity contribution in [1.82, 2.24) is 4.98 Å². The normalized spacial score (nSPS) is 10.0. The minimum atomic E-state index is 0.471. The highest BCUT2D eigenvalue weighted by Gasteiger charge is 1.94. The molecule has 0 saturated heterocycles. The molecule has 3 nitrogen and oxygen atoms in total. The molecule has 0 aliphatic heterocycles. The van der Waals surface area contributed by atoms with Crippen molar-refractivity contribution in [3.8, 4) is 6.07 Å². The number of nitrogen functional groups attached to an aromatic ring is 1. The number of aryl methyl sites for hydroxylation is 1. The van der Waals surface area contributed by atoms with Crippen LogP contribution in [0.25, 0.3) is 6.08 Å². The third-order valence-corrected chi connectivity index (χ3v) is 1.47. The minimum absolute atomic E-state index is 0.471. The highest BCUT2D eigenvalue weighted by atomic mass is 14.8. The fourth-order valence-electron chi connectivity index (χ4n) is 0.845. The first-order chi connectivity index (χ1) is 5.74. The lowest BCUT2D eigenvalue weighted by molar-refractivity contribution is 1.24. The summed E-state index contributed by atoms with van der Waals surface area (Å²) in [7, 11) is 0. The Kier molecular flexibility index (Phi) is 2.44. The second kappa shape index (κ2) is 3.54. The molecule has 1 aromatic rings. The Labute approximate surface area is 71.2 Å². The SMILES string of the molecule is Cc1ccc(N)nc1C=CC#N. The van der Waals surface area contributed by atoms with Crippen molar-refractivity contribution < 1.29 is 0 Å². The van der Waals surface area contributed by atoms with Gasteiger partial charge in [0.1, 0.15) is 5.82 Å². The Balaban J connectivity index is 3.07. The Morgan fingerprint density at radius 2 is 2.33 bits per heavy atom. The van der Waals surface area contributed by atoms with Crippen molar-refractivity contribution in [2.75, 3.05) is 5.73 Å². The molecule has 0 fully saturated rings.